The predicted molar refractivity (Wildman–Crippen MR) is 141 cm³/mol. The average Bonchev–Trinajstić information content (AvgIpc) is 3.15. The van der Waals surface area contributed by atoms with Crippen LogP contribution in [-0.2, 0) is 16.1 Å². The molecule has 0 amide bonds. The van der Waals surface area contributed by atoms with E-state index in [9.17, 15) is 4.79 Å². The first-order valence-electron chi connectivity index (χ1n) is 10.1. The smallest absolute Gasteiger partial charge is 0.363 e. The van der Waals surface area contributed by atoms with Gasteiger partial charge < -0.3 is 14.2 Å². The highest BCUT2D eigenvalue weighted by Crippen LogP contribution is 2.38. The summed E-state index contributed by atoms with van der Waals surface area (Å²) in [5.74, 6) is 0.789. The lowest BCUT2D eigenvalue weighted by atomic mass is 10.1. The van der Waals surface area contributed by atoms with Crippen LogP contribution in [0.15, 0.2) is 75.8 Å². The van der Waals surface area contributed by atoms with Gasteiger partial charge in [-0.05, 0) is 93.0 Å². The van der Waals surface area contributed by atoms with Crippen LogP contribution in [-0.4, -0.2) is 18.5 Å². The Labute approximate surface area is 218 Å². The number of benzene rings is 3. The minimum atomic E-state index is -0.543. The second kappa shape index (κ2) is 10.7. The summed E-state index contributed by atoms with van der Waals surface area (Å²) in [6, 6.07) is 19.0. The van der Waals surface area contributed by atoms with E-state index >= 15 is 0 Å². The van der Waals surface area contributed by atoms with E-state index in [1.165, 1.54) is 0 Å². The summed E-state index contributed by atoms with van der Waals surface area (Å²) in [6.07, 6.45) is 1.64. The summed E-state index contributed by atoms with van der Waals surface area (Å²) < 4.78 is 18.9. The fraction of sp³-hybridized carbons (Fsp3) is 0.120. The van der Waals surface area contributed by atoms with Crippen LogP contribution in [0.4, 0.5) is 0 Å². The maximum absolute atomic E-state index is 12.5. The summed E-state index contributed by atoms with van der Waals surface area (Å²) in [7, 11) is 0. The zero-order valence-corrected chi connectivity index (χ0v) is 22.0. The van der Waals surface area contributed by atoms with E-state index in [2.05, 4.69) is 43.5 Å². The monoisotopic (exact) mass is 637 g/mol. The van der Waals surface area contributed by atoms with Gasteiger partial charge in [0.25, 0.3) is 0 Å². The molecule has 0 radical (unpaired) electrons. The lowest BCUT2D eigenvalue weighted by Gasteiger charge is -2.15. The fourth-order valence-corrected chi connectivity index (χ4v) is 4.41. The molecule has 0 N–H and O–H groups in total. The van der Waals surface area contributed by atoms with Crippen LogP contribution in [0.2, 0.25) is 5.02 Å². The Kier molecular flexibility index (Phi) is 7.72. The third kappa shape index (κ3) is 5.77. The van der Waals surface area contributed by atoms with Gasteiger partial charge in [0.2, 0.25) is 5.90 Å². The summed E-state index contributed by atoms with van der Waals surface area (Å²) in [6.45, 7) is 2.76. The van der Waals surface area contributed by atoms with Crippen LogP contribution in [0.3, 0.4) is 0 Å². The van der Waals surface area contributed by atoms with Crippen LogP contribution in [0.1, 0.15) is 23.6 Å². The van der Waals surface area contributed by atoms with E-state index in [0.29, 0.717) is 45.3 Å². The Hall–Kier alpha value is -2.36. The second-order valence-electron chi connectivity index (χ2n) is 7.00. The summed E-state index contributed by atoms with van der Waals surface area (Å²) in [4.78, 5) is 16.8. The maximum Gasteiger partial charge on any atom is 0.363 e. The first-order valence-corrected chi connectivity index (χ1v) is 12.3. The second-order valence-corrected chi connectivity index (χ2v) is 9.50. The lowest BCUT2D eigenvalue weighted by Crippen LogP contribution is -2.06. The van der Waals surface area contributed by atoms with Gasteiger partial charge >= 0.3 is 5.97 Å². The van der Waals surface area contributed by atoms with Crippen molar-refractivity contribution in [3.05, 3.63) is 96.1 Å². The van der Waals surface area contributed by atoms with Gasteiger partial charge in [-0.3, -0.25) is 0 Å². The Balaban J connectivity index is 1.64. The van der Waals surface area contributed by atoms with Crippen LogP contribution >= 0.6 is 50.1 Å². The predicted octanol–water partition coefficient (Wildman–Crippen LogP) is 7.03. The first kappa shape index (κ1) is 23.8. The van der Waals surface area contributed by atoms with Crippen molar-refractivity contribution in [1.29, 1.82) is 0 Å². The molecule has 0 aliphatic carbocycles. The molecule has 8 heteroatoms. The highest BCUT2D eigenvalue weighted by molar-refractivity contribution is 14.1. The van der Waals surface area contributed by atoms with E-state index < -0.39 is 5.97 Å². The first-order chi connectivity index (χ1) is 15.9. The normalized spacial score (nSPS) is 14.2. The number of carbonyl (C=O) groups excluding carboxylic acids is 1. The Morgan fingerprint density at radius 2 is 1.91 bits per heavy atom. The van der Waals surface area contributed by atoms with Gasteiger partial charge in [0.15, 0.2) is 17.2 Å². The van der Waals surface area contributed by atoms with Crippen LogP contribution in [0, 0.1) is 3.57 Å². The number of cyclic esters (lactones) is 1. The SMILES string of the molecule is CCOc1cc(/C=C2\N=C(c3cc(I)ccc3Cl)OC2=O)cc(Br)c1OCc1ccccc1. The van der Waals surface area contributed by atoms with Gasteiger partial charge in [-0.1, -0.05) is 41.9 Å². The molecule has 0 atom stereocenters. The summed E-state index contributed by atoms with van der Waals surface area (Å²) >= 11 is 12.0. The molecule has 5 nitrogen and oxygen atoms in total. The molecule has 0 saturated carbocycles. The Morgan fingerprint density at radius 3 is 2.67 bits per heavy atom. The summed E-state index contributed by atoms with van der Waals surface area (Å²) in [5.41, 5.74) is 2.50. The maximum atomic E-state index is 12.5. The molecule has 3 aromatic rings. The molecule has 4 rings (SSSR count). The van der Waals surface area contributed by atoms with Crippen LogP contribution < -0.4 is 9.47 Å². The molecule has 0 unspecified atom stereocenters. The number of aliphatic imine (C=N–C) groups is 1. The number of nitrogens with zero attached hydrogens (tertiary/aromatic N) is 1. The van der Waals surface area contributed by atoms with E-state index in [0.717, 1.165) is 9.13 Å². The van der Waals surface area contributed by atoms with Gasteiger partial charge in [-0.15, -0.1) is 0 Å². The highest BCUT2D eigenvalue weighted by atomic mass is 127. The van der Waals surface area contributed by atoms with Crippen molar-refractivity contribution in [2.75, 3.05) is 6.61 Å². The van der Waals surface area contributed by atoms with Gasteiger partial charge in [0.05, 0.1) is 21.7 Å². The molecule has 1 aliphatic heterocycles. The topological polar surface area (TPSA) is 57.1 Å². The van der Waals surface area contributed by atoms with Crippen molar-refractivity contribution in [3.8, 4) is 11.5 Å². The van der Waals surface area contributed by atoms with E-state index in [1.807, 2.05) is 55.5 Å². The Bertz CT molecular complexity index is 1260. The number of hydrogen-bond donors (Lipinski definition) is 0. The molecule has 1 aliphatic rings. The van der Waals surface area contributed by atoms with E-state index in [4.69, 9.17) is 25.8 Å². The Morgan fingerprint density at radius 1 is 1.12 bits per heavy atom. The lowest BCUT2D eigenvalue weighted by molar-refractivity contribution is -0.129. The van der Waals surface area contributed by atoms with Gasteiger partial charge in [-0.25, -0.2) is 9.79 Å². The fourth-order valence-electron chi connectivity index (χ4n) is 3.15. The molecular formula is C25H18BrClINO4. The van der Waals surface area contributed by atoms with E-state index in [1.54, 1.807) is 18.2 Å². The van der Waals surface area contributed by atoms with Crippen molar-refractivity contribution < 1.29 is 19.0 Å². The number of ether oxygens (including phenoxy) is 3. The highest BCUT2D eigenvalue weighted by Gasteiger charge is 2.26. The quantitative estimate of drug-likeness (QED) is 0.159. The largest absolute Gasteiger partial charge is 0.490 e. The zero-order valence-electron chi connectivity index (χ0n) is 17.5. The van der Waals surface area contributed by atoms with Crippen LogP contribution in [0.5, 0.6) is 11.5 Å². The zero-order chi connectivity index (χ0) is 23.4. The van der Waals surface area contributed by atoms with Crippen molar-refractivity contribution in [2.45, 2.75) is 13.5 Å². The van der Waals surface area contributed by atoms with Crippen molar-refractivity contribution in [3.63, 3.8) is 0 Å². The number of halogens is 3. The third-order valence-corrected chi connectivity index (χ3v) is 6.23. The molecule has 0 saturated heterocycles. The molecule has 0 spiro atoms. The molecule has 0 fully saturated rings. The molecule has 0 aromatic heterocycles. The number of esters is 1. The number of hydrogen-bond acceptors (Lipinski definition) is 5. The average molecular weight is 639 g/mol. The third-order valence-electron chi connectivity index (χ3n) is 4.64. The molecule has 168 valence electrons. The minimum Gasteiger partial charge on any atom is -0.490 e. The van der Waals surface area contributed by atoms with Crippen molar-refractivity contribution >= 4 is 68.1 Å². The molecule has 0 bridgehead atoms. The van der Waals surface area contributed by atoms with Gasteiger partial charge in [0, 0.05) is 3.57 Å². The van der Waals surface area contributed by atoms with Gasteiger partial charge in [0.1, 0.15) is 6.61 Å². The van der Waals surface area contributed by atoms with Crippen LogP contribution in [0.25, 0.3) is 6.08 Å². The van der Waals surface area contributed by atoms with E-state index in [-0.39, 0.29) is 11.6 Å². The standard InChI is InChI=1S/C25H18BrClINO4/c1-2-31-22-12-16(10-19(26)23(22)32-14-15-6-4-3-5-7-15)11-21-25(30)33-24(29-21)18-13-17(28)8-9-20(18)27/h3-13H,2,14H2,1H3/b21-11-. The molecule has 33 heavy (non-hydrogen) atoms. The van der Waals surface area contributed by atoms with Gasteiger partial charge in [-0.2, -0.15) is 0 Å². The molecule has 3 aromatic carbocycles. The van der Waals surface area contributed by atoms with Crippen molar-refractivity contribution in [2.24, 2.45) is 4.99 Å². The van der Waals surface area contributed by atoms with Crippen molar-refractivity contribution in [1.82, 2.24) is 0 Å². The minimum absolute atomic E-state index is 0.173. The number of rotatable bonds is 7. The summed E-state index contributed by atoms with van der Waals surface area (Å²) in [5, 5.41) is 0.463. The molecular weight excluding hydrogens is 621 g/mol. The molecule has 1 heterocycles. The number of carbonyl (C=O) groups is 1.